The van der Waals surface area contributed by atoms with Gasteiger partial charge in [0.15, 0.2) is 22.7 Å². The van der Waals surface area contributed by atoms with Gasteiger partial charge in [-0.2, -0.15) is 0 Å². The summed E-state index contributed by atoms with van der Waals surface area (Å²) in [6.07, 6.45) is -0.647. The Kier molecular flexibility index (Phi) is 5.38. The lowest BCUT2D eigenvalue weighted by Gasteiger charge is -2.17. The highest BCUT2D eigenvalue weighted by Crippen LogP contribution is 2.29. The Morgan fingerprint density at radius 2 is 2.14 bits per heavy atom. The zero-order chi connectivity index (χ0) is 16.1. The summed E-state index contributed by atoms with van der Waals surface area (Å²) >= 11 is 1.39. The van der Waals surface area contributed by atoms with Crippen molar-refractivity contribution in [2.24, 2.45) is 0 Å². The summed E-state index contributed by atoms with van der Waals surface area (Å²) in [5.41, 5.74) is 1.96. The van der Waals surface area contributed by atoms with Crippen LogP contribution in [0.3, 0.4) is 0 Å². The molecule has 1 N–H and O–H groups in total. The molecule has 0 radical (unpaired) electrons. The molecule has 1 heterocycles. The number of hydrogen-bond acceptors (Lipinski definition) is 5. The normalized spacial score (nSPS) is 11.8. The second-order valence-electron chi connectivity index (χ2n) is 4.93. The third-order valence-corrected chi connectivity index (χ3v) is 3.80. The van der Waals surface area contributed by atoms with E-state index < -0.39 is 6.10 Å². The smallest absolute Gasteiger partial charge is 0.266 e. The molecular weight excluding hydrogens is 300 g/mol. The lowest BCUT2D eigenvalue weighted by atomic mass is 10.2. The topological polar surface area (TPSA) is 60.5 Å². The van der Waals surface area contributed by atoms with Crippen LogP contribution in [0.15, 0.2) is 23.6 Å². The van der Waals surface area contributed by atoms with Crippen molar-refractivity contribution in [3.05, 3.63) is 34.8 Å². The van der Waals surface area contributed by atoms with E-state index in [0.29, 0.717) is 23.2 Å². The zero-order valence-corrected chi connectivity index (χ0v) is 14.0. The zero-order valence-electron chi connectivity index (χ0n) is 13.2. The Balaban J connectivity index is 2.04. The summed E-state index contributed by atoms with van der Waals surface area (Å²) in [5, 5.41) is 5.21. The van der Waals surface area contributed by atoms with E-state index in [0.717, 1.165) is 11.3 Å². The molecule has 0 spiro atoms. The van der Waals surface area contributed by atoms with Crippen molar-refractivity contribution in [2.45, 2.75) is 33.8 Å². The minimum absolute atomic E-state index is 0.239. The Hall–Kier alpha value is -2.08. The lowest BCUT2D eigenvalue weighted by Crippen LogP contribution is -2.30. The van der Waals surface area contributed by atoms with Crippen LogP contribution >= 0.6 is 11.3 Å². The summed E-state index contributed by atoms with van der Waals surface area (Å²) in [6.45, 7) is 8.01. The van der Waals surface area contributed by atoms with Crippen LogP contribution < -0.4 is 14.8 Å². The van der Waals surface area contributed by atoms with Crippen LogP contribution in [0.4, 0.5) is 5.13 Å². The maximum atomic E-state index is 12.2. The first-order valence-electron chi connectivity index (χ1n) is 7.12. The van der Waals surface area contributed by atoms with Crippen LogP contribution in [-0.2, 0) is 4.79 Å². The Morgan fingerprint density at radius 3 is 2.77 bits per heavy atom. The molecule has 0 saturated heterocycles. The number of ether oxygens (including phenoxy) is 2. The summed E-state index contributed by atoms with van der Waals surface area (Å²) in [6, 6.07) is 5.64. The van der Waals surface area contributed by atoms with Gasteiger partial charge in [-0.1, -0.05) is 6.07 Å². The average Bonchev–Trinajstić information content (AvgIpc) is 2.87. The van der Waals surface area contributed by atoms with Gasteiger partial charge in [0, 0.05) is 5.38 Å². The monoisotopic (exact) mass is 320 g/mol. The number of nitrogens with one attached hydrogen (secondary N) is 1. The molecule has 1 aromatic carbocycles. The molecule has 0 bridgehead atoms. The van der Waals surface area contributed by atoms with Crippen molar-refractivity contribution in [3.63, 3.8) is 0 Å². The van der Waals surface area contributed by atoms with Crippen LogP contribution in [0.2, 0.25) is 0 Å². The molecule has 5 nitrogen and oxygen atoms in total. The van der Waals surface area contributed by atoms with Gasteiger partial charge in [-0.3, -0.25) is 10.1 Å². The van der Waals surface area contributed by atoms with E-state index in [4.69, 9.17) is 9.47 Å². The van der Waals surface area contributed by atoms with Gasteiger partial charge >= 0.3 is 0 Å². The quantitative estimate of drug-likeness (QED) is 0.884. The van der Waals surface area contributed by atoms with Crippen molar-refractivity contribution < 1.29 is 14.3 Å². The number of rotatable bonds is 6. The molecule has 0 unspecified atom stereocenters. The van der Waals surface area contributed by atoms with Crippen LogP contribution in [-0.4, -0.2) is 23.6 Å². The fourth-order valence-electron chi connectivity index (χ4n) is 1.84. The van der Waals surface area contributed by atoms with E-state index in [1.54, 1.807) is 6.92 Å². The minimum atomic E-state index is -0.647. The summed E-state index contributed by atoms with van der Waals surface area (Å²) in [4.78, 5) is 16.4. The summed E-state index contributed by atoms with van der Waals surface area (Å²) in [7, 11) is 0. The predicted octanol–water partition coefficient (Wildman–Crippen LogP) is 3.56. The van der Waals surface area contributed by atoms with Crippen molar-refractivity contribution in [1.29, 1.82) is 0 Å². The predicted molar refractivity (Wildman–Crippen MR) is 87.9 cm³/mol. The highest BCUT2D eigenvalue weighted by Gasteiger charge is 2.18. The van der Waals surface area contributed by atoms with E-state index in [9.17, 15) is 4.79 Å². The largest absolute Gasteiger partial charge is 0.490 e. The first-order chi connectivity index (χ1) is 10.5. The molecule has 6 heteroatoms. The van der Waals surface area contributed by atoms with Crippen LogP contribution in [0, 0.1) is 13.8 Å². The number of hydrogen-bond donors (Lipinski definition) is 1. The van der Waals surface area contributed by atoms with Crippen LogP contribution in [0.25, 0.3) is 0 Å². The molecule has 1 amide bonds. The van der Waals surface area contributed by atoms with Gasteiger partial charge in [-0.25, -0.2) is 4.98 Å². The Morgan fingerprint density at radius 1 is 1.36 bits per heavy atom. The second kappa shape index (κ2) is 7.26. The number of thiazole rings is 1. The van der Waals surface area contributed by atoms with Gasteiger partial charge in [-0.05, 0) is 45.4 Å². The molecule has 2 rings (SSSR count). The molecule has 1 atom stereocenters. The number of nitrogens with zero attached hydrogens (tertiary/aromatic N) is 1. The maximum Gasteiger partial charge on any atom is 0.266 e. The van der Waals surface area contributed by atoms with E-state index in [1.165, 1.54) is 11.3 Å². The Bertz CT molecular complexity index is 655. The Labute approximate surface area is 134 Å². The van der Waals surface area contributed by atoms with E-state index >= 15 is 0 Å². The van der Waals surface area contributed by atoms with Crippen LogP contribution in [0.5, 0.6) is 11.5 Å². The van der Waals surface area contributed by atoms with Gasteiger partial charge in [0.05, 0.1) is 12.3 Å². The SMILES string of the molecule is CCOc1cc(C)ccc1O[C@H](C)C(=O)Nc1nc(C)cs1. The molecule has 1 aromatic heterocycles. The molecule has 22 heavy (non-hydrogen) atoms. The number of aryl methyl sites for hydroxylation is 2. The maximum absolute atomic E-state index is 12.2. The summed E-state index contributed by atoms with van der Waals surface area (Å²) < 4.78 is 11.3. The minimum Gasteiger partial charge on any atom is -0.490 e. The number of anilines is 1. The van der Waals surface area contributed by atoms with Crippen molar-refractivity contribution >= 4 is 22.4 Å². The first-order valence-corrected chi connectivity index (χ1v) is 8.00. The standard InChI is InChI=1S/C16H20N2O3S/c1-5-20-14-8-10(2)6-7-13(14)21-12(4)15(19)18-16-17-11(3)9-22-16/h6-9,12H,5H2,1-4H3,(H,17,18,19)/t12-/m1/s1. The summed E-state index contributed by atoms with van der Waals surface area (Å²) in [5.74, 6) is 0.968. The average molecular weight is 320 g/mol. The molecule has 0 aliphatic carbocycles. The van der Waals surface area contributed by atoms with Gasteiger partial charge in [0.1, 0.15) is 0 Å². The molecule has 0 aliphatic rings. The molecule has 118 valence electrons. The molecule has 0 fully saturated rings. The molecular formula is C16H20N2O3S. The molecule has 0 aliphatic heterocycles. The third kappa shape index (κ3) is 4.21. The van der Waals surface area contributed by atoms with Gasteiger partial charge in [-0.15, -0.1) is 11.3 Å². The number of carbonyl (C=O) groups excluding carboxylic acids is 1. The fourth-order valence-corrected chi connectivity index (χ4v) is 2.53. The van der Waals surface area contributed by atoms with Crippen LogP contribution in [0.1, 0.15) is 25.1 Å². The first kappa shape index (κ1) is 16.3. The number of amides is 1. The van der Waals surface area contributed by atoms with Crippen molar-refractivity contribution in [2.75, 3.05) is 11.9 Å². The lowest BCUT2D eigenvalue weighted by molar-refractivity contribution is -0.122. The third-order valence-electron chi connectivity index (χ3n) is 2.92. The van der Waals surface area contributed by atoms with Crippen molar-refractivity contribution in [1.82, 2.24) is 4.98 Å². The highest BCUT2D eigenvalue weighted by molar-refractivity contribution is 7.13. The number of aromatic nitrogens is 1. The van der Waals surface area contributed by atoms with E-state index in [-0.39, 0.29) is 5.91 Å². The fraction of sp³-hybridized carbons (Fsp3) is 0.375. The van der Waals surface area contributed by atoms with E-state index in [2.05, 4.69) is 10.3 Å². The number of carbonyl (C=O) groups is 1. The van der Waals surface area contributed by atoms with Gasteiger partial charge in [0.2, 0.25) is 0 Å². The van der Waals surface area contributed by atoms with Gasteiger partial charge in [0.25, 0.3) is 5.91 Å². The molecule has 0 saturated carbocycles. The second-order valence-corrected chi connectivity index (χ2v) is 5.78. The van der Waals surface area contributed by atoms with Crippen molar-refractivity contribution in [3.8, 4) is 11.5 Å². The van der Waals surface area contributed by atoms with E-state index in [1.807, 2.05) is 44.4 Å². The van der Waals surface area contributed by atoms with Gasteiger partial charge < -0.3 is 9.47 Å². The molecule has 2 aromatic rings. The number of benzene rings is 1. The highest BCUT2D eigenvalue weighted by atomic mass is 32.1.